The monoisotopic (exact) mass is 284 g/mol. The van der Waals surface area contributed by atoms with Gasteiger partial charge in [0.05, 0.1) is 5.75 Å². The maximum absolute atomic E-state index is 11.8. The third kappa shape index (κ3) is 6.71. The molecule has 19 heavy (non-hydrogen) atoms. The molecule has 0 radical (unpaired) electrons. The molecule has 0 bridgehead atoms. The van der Waals surface area contributed by atoms with Crippen LogP contribution >= 0.6 is 0 Å². The Hall–Kier alpha value is -0.910. The lowest BCUT2D eigenvalue weighted by Crippen LogP contribution is -2.28. The summed E-state index contributed by atoms with van der Waals surface area (Å²) in [5, 5.41) is 3.23. The normalized spacial score (nSPS) is 12.0. The molecule has 1 rings (SSSR count). The highest BCUT2D eigenvalue weighted by molar-refractivity contribution is 7.88. The molecule has 0 aliphatic heterocycles. The molecule has 2 N–H and O–H groups in total. The zero-order valence-electron chi connectivity index (χ0n) is 11.9. The van der Waals surface area contributed by atoms with Crippen LogP contribution in [0.15, 0.2) is 24.3 Å². The van der Waals surface area contributed by atoms with Gasteiger partial charge in [0, 0.05) is 13.1 Å². The summed E-state index contributed by atoms with van der Waals surface area (Å²) in [6.07, 6.45) is 0. The Labute approximate surface area is 116 Å². The van der Waals surface area contributed by atoms with Crippen molar-refractivity contribution in [2.24, 2.45) is 5.92 Å². The Balaban J connectivity index is 2.57. The summed E-state index contributed by atoms with van der Waals surface area (Å²) in [6.45, 7) is 8.25. The van der Waals surface area contributed by atoms with Gasteiger partial charge in [0.2, 0.25) is 10.0 Å². The molecule has 1 aromatic rings. The van der Waals surface area contributed by atoms with Crippen molar-refractivity contribution in [2.75, 3.05) is 13.1 Å². The van der Waals surface area contributed by atoms with E-state index in [4.69, 9.17) is 0 Å². The van der Waals surface area contributed by atoms with Crippen molar-refractivity contribution in [3.8, 4) is 0 Å². The highest BCUT2D eigenvalue weighted by Gasteiger charge is 2.11. The molecule has 0 atom stereocenters. The molecule has 0 aliphatic rings. The number of hydrogen-bond acceptors (Lipinski definition) is 3. The molecular formula is C14H24N2O2S. The van der Waals surface area contributed by atoms with Gasteiger partial charge in [-0.3, -0.25) is 0 Å². The van der Waals surface area contributed by atoms with Gasteiger partial charge in [-0.15, -0.1) is 0 Å². The van der Waals surface area contributed by atoms with Gasteiger partial charge in [-0.1, -0.05) is 45.0 Å². The van der Waals surface area contributed by atoms with Crippen molar-refractivity contribution >= 4 is 10.0 Å². The SMILES string of the molecule is CCNCc1ccc(CS(=O)(=O)NCC(C)C)cc1. The third-order valence-corrected chi connectivity index (χ3v) is 3.99. The first-order valence-electron chi connectivity index (χ1n) is 6.69. The molecule has 0 saturated carbocycles. The number of nitrogens with one attached hydrogen (secondary N) is 2. The quantitative estimate of drug-likeness (QED) is 0.766. The van der Waals surface area contributed by atoms with E-state index >= 15 is 0 Å². The highest BCUT2D eigenvalue weighted by Crippen LogP contribution is 2.08. The minimum Gasteiger partial charge on any atom is -0.313 e. The summed E-state index contributed by atoms with van der Waals surface area (Å²) in [5.41, 5.74) is 1.98. The van der Waals surface area contributed by atoms with Crippen LogP contribution in [-0.2, 0) is 22.3 Å². The number of benzene rings is 1. The first kappa shape index (κ1) is 16.1. The zero-order valence-corrected chi connectivity index (χ0v) is 12.8. The van der Waals surface area contributed by atoms with Gasteiger partial charge in [0.25, 0.3) is 0 Å². The van der Waals surface area contributed by atoms with E-state index in [2.05, 4.69) is 17.0 Å². The lowest BCUT2D eigenvalue weighted by molar-refractivity contribution is 0.559. The summed E-state index contributed by atoms with van der Waals surface area (Å²) in [6, 6.07) is 7.69. The van der Waals surface area contributed by atoms with Crippen molar-refractivity contribution in [1.82, 2.24) is 10.0 Å². The predicted octanol–water partition coefficient (Wildman–Crippen LogP) is 1.87. The summed E-state index contributed by atoms with van der Waals surface area (Å²) < 4.78 is 26.3. The molecule has 108 valence electrons. The topological polar surface area (TPSA) is 58.2 Å². The second-order valence-corrected chi connectivity index (χ2v) is 6.91. The van der Waals surface area contributed by atoms with Crippen molar-refractivity contribution < 1.29 is 8.42 Å². The Morgan fingerprint density at radius 2 is 1.68 bits per heavy atom. The first-order valence-corrected chi connectivity index (χ1v) is 8.34. The molecule has 0 aliphatic carbocycles. The molecular weight excluding hydrogens is 260 g/mol. The molecule has 0 amide bonds. The summed E-state index contributed by atoms with van der Waals surface area (Å²) >= 11 is 0. The van der Waals surface area contributed by atoms with Gasteiger partial charge in [-0.25, -0.2) is 13.1 Å². The molecule has 1 aromatic carbocycles. The predicted molar refractivity (Wildman–Crippen MR) is 79.3 cm³/mol. The molecule has 0 spiro atoms. The first-order chi connectivity index (χ1) is 8.93. The van der Waals surface area contributed by atoms with Crippen molar-refractivity contribution in [3.05, 3.63) is 35.4 Å². The van der Waals surface area contributed by atoms with Crippen LogP contribution in [-0.4, -0.2) is 21.5 Å². The van der Waals surface area contributed by atoms with Gasteiger partial charge >= 0.3 is 0 Å². The summed E-state index contributed by atoms with van der Waals surface area (Å²) in [5.74, 6) is 0.360. The fourth-order valence-electron chi connectivity index (χ4n) is 1.59. The van der Waals surface area contributed by atoms with E-state index in [0.29, 0.717) is 12.5 Å². The molecule has 5 heteroatoms. The van der Waals surface area contributed by atoms with Gasteiger partial charge in [-0.05, 0) is 23.6 Å². The van der Waals surface area contributed by atoms with Crippen LogP contribution in [0.3, 0.4) is 0 Å². The second kappa shape index (κ2) is 7.62. The van der Waals surface area contributed by atoms with Crippen molar-refractivity contribution in [3.63, 3.8) is 0 Å². The lowest BCUT2D eigenvalue weighted by atomic mass is 10.1. The van der Waals surface area contributed by atoms with Crippen molar-refractivity contribution in [2.45, 2.75) is 33.1 Å². The van der Waals surface area contributed by atoms with E-state index in [9.17, 15) is 8.42 Å². The van der Waals surface area contributed by atoms with E-state index in [-0.39, 0.29) is 5.75 Å². The summed E-state index contributed by atoms with van der Waals surface area (Å²) in [7, 11) is -3.23. The largest absolute Gasteiger partial charge is 0.313 e. The maximum Gasteiger partial charge on any atom is 0.215 e. The second-order valence-electron chi connectivity index (χ2n) is 5.10. The number of hydrogen-bond donors (Lipinski definition) is 2. The summed E-state index contributed by atoms with van der Waals surface area (Å²) in [4.78, 5) is 0. The van der Waals surface area contributed by atoms with Gasteiger partial charge in [0.15, 0.2) is 0 Å². The van der Waals surface area contributed by atoms with Gasteiger partial charge in [-0.2, -0.15) is 0 Å². The van der Waals surface area contributed by atoms with Crippen LogP contribution < -0.4 is 10.0 Å². The fourth-order valence-corrected chi connectivity index (χ4v) is 2.91. The molecule has 0 saturated heterocycles. The van der Waals surface area contributed by atoms with Crippen LogP contribution in [0.25, 0.3) is 0 Å². The van der Waals surface area contributed by atoms with E-state index in [1.165, 1.54) is 0 Å². The minimum atomic E-state index is -3.23. The smallest absolute Gasteiger partial charge is 0.215 e. The van der Waals surface area contributed by atoms with E-state index in [1.807, 2.05) is 38.1 Å². The minimum absolute atomic E-state index is 0.0429. The van der Waals surface area contributed by atoms with Gasteiger partial charge < -0.3 is 5.32 Å². The Morgan fingerprint density at radius 1 is 1.11 bits per heavy atom. The molecule has 0 heterocycles. The average Bonchev–Trinajstić information content (AvgIpc) is 2.35. The highest BCUT2D eigenvalue weighted by atomic mass is 32.2. The van der Waals surface area contributed by atoms with Crippen LogP contribution in [0.2, 0.25) is 0 Å². The average molecular weight is 284 g/mol. The Kier molecular flexibility index (Phi) is 6.48. The van der Waals surface area contributed by atoms with Crippen LogP contribution in [0, 0.1) is 5.92 Å². The standard InChI is InChI=1S/C14H24N2O2S/c1-4-15-10-13-5-7-14(8-6-13)11-19(17,18)16-9-12(2)3/h5-8,12,15-16H,4,9-11H2,1-3H3. The van der Waals surface area contributed by atoms with E-state index in [0.717, 1.165) is 24.2 Å². The number of rotatable bonds is 8. The van der Waals surface area contributed by atoms with Crippen LogP contribution in [0.4, 0.5) is 0 Å². The fraction of sp³-hybridized carbons (Fsp3) is 0.571. The van der Waals surface area contributed by atoms with Gasteiger partial charge in [0.1, 0.15) is 0 Å². The molecule has 0 aromatic heterocycles. The Bertz CT molecular complexity index is 467. The van der Waals surface area contributed by atoms with Crippen LogP contribution in [0.1, 0.15) is 31.9 Å². The maximum atomic E-state index is 11.8. The van der Waals surface area contributed by atoms with E-state index < -0.39 is 10.0 Å². The van der Waals surface area contributed by atoms with Crippen LogP contribution in [0.5, 0.6) is 0 Å². The molecule has 4 nitrogen and oxygen atoms in total. The molecule has 0 unspecified atom stereocenters. The third-order valence-electron chi connectivity index (χ3n) is 2.67. The van der Waals surface area contributed by atoms with Crippen molar-refractivity contribution in [1.29, 1.82) is 0 Å². The molecule has 0 fully saturated rings. The lowest BCUT2D eigenvalue weighted by Gasteiger charge is -2.09. The van der Waals surface area contributed by atoms with E-state index in [1.54, 1.807) is 0 Å². The zero-order chi connectivity index (χ0) is 14.3. The Morgan fingerprint density at radius 3 is 2.21 bits per heavy atom. The number of sulfonamides is 1.